The highest BCUT2D eigenvalue weighted by Gasteiger charge is 2.30. The summed E-state index contributed by atoms with van der Waals surface area (Å²) in [5.41, 5.74) is -0.0560. The Hall–Kier alpha value is -1.62. The van der Waals surface area contributed by atoms with E-state index in [1.54, 1.807) is 3.96 Å². The smallest absolute Gasteiger partial charge is 0.269 e. The topological polar surface area (TPSA) is 42.3 Å². The largest absolute Gasteiger partial charge is 0.340 e. The van der Waals surface area contributed by atoms with Crippen molar-refractivity contribution in [1.82, 2.24) is 8.86 Å². The molecule has 0 aliphatic carbocycles. The van der Waals surface area contributed by atoms with Gasteiger partial charge in [-0.3, -0.25) is 13.5 Å². The number of carbonyl (C=O) groups excluding carboxylic acids is 1. The molecule has 0 radical (unpaired) electrons. The van der Waals surface area contributed by atoms with Gasteiger partial charge in [0.15, 0.2) is 0 Å². The average Bonchev–Trinajstić information content (AvgIpc) is 2.82. The van der Waals surface area contributed by atoms with Crippen LogP contribution >= 0.6 is 11.5 Å². The molecule has 1 saturated heterocycles. The lowest BCUT2D eigenvalue weighted by molar-refractivity contribution is -0.136. The van der Waals surface area contributed by atoms with E-state index in [0.29, 0.717) is 17.2 Å². The van der Waals surface area contributed by atoms with E-state index in [1.165, 1.54) is 18.0 Å². The van der Waals surface area contributed by atoms with Crippen LogP contribution in [-0.2, 0) is 4.79 Å². The Morgan fingerprint density at radius 2 is 1.86 bits per heavy atom. The van der Waals surface area contributed by atoms with Crippen molar-refractivity contribution in [3.63, 3.8) is 0 Å². The van der Waals surface area contributed by atoms with Gasteiger partial charge in [-0.05, 0) is 37.3 Å². The third kappa shape index (κ3) is 2.70. The van der Waals surface area contributed by atoms with Crippen molar-refractivity contribution in [2.45, 2.75) is 33.2 Å². The number of rotatable bonds is 2. The van der Waals surface area contributed by atoms with E-state index >= 15 is 0 Å². The molecule has 1 aromatic heterocycles. The van der Waals surface area contributed by atoms with Crippen molar-refractivity contribution in [1.29, 1.82) is 0 Å². The summed E-state index contributed by atoms with van der Waals surface area (Å²) in [5, 5.41) is 0.701. The predicted octanol–water partition coefficient (Wildman–Crippen LogP) is 3.13. The van der Waals surface area contributed by atoms with Crippen molar-refractivity contribution in [3.8, 4) is 0 Å². The Kier molecular flexibility index (Phi) is 4.08. The zero-order valence-corrected chi connectivity index (χ0v) is 14.1. The number of piperidine rings is 1. The molecule has 3 atom stereocenters. The maximum absolute atomic E-state index is 12.8. The Balaban J connectivity index is 1.88. The number of hydrogen-bond acceptors (Lipinski definition) is 3. The van der Waals surface area contributed by atoms with Crippen LogP contribution in [0.25, 0.3) is 10.1 Å². The molecule has 22 heavy (non-hydrogen) atoms. The van der Waals surface area contributed by atoms with E-state index in [1.807, 2.05) is 36.1 Å². The molecular formula is C17H22N2O2S. The molecular weight excluding hydrogens is 296 g/mol. The maximum Gasteiger partial charge on any atom is 0.269 e. The third-order valence-corrected chi connectivity index (χ3v) is 5.64. The van der Waals surface area contributed by atoms with Crippen LogP contribution in [-0.4, -0.2) is 27.9 Å². The summed E-state index contributed by atoms with van der Waals surface area (Å²) in [6, 6.07) is 7.11. The van der Waals surface area contributed by atoms with Gasteiger partial charge in [-0.1, -0.05) is 37.5 Å². The van der Waals surface area contributed by atoms with Gasteiger partial charge in [0.2, 0.25) is 5.91 Å². The minimum absolute atomic E-state index is 0.0560. The average molecular weight is 318 g/mol. The number of fused-ring (bicyclic) bond motifs is 1. The monoisotopic (exact) mass is 318 g/mol. The summed E-state index contributed by atoms with van der Waals surface area (Å²) >= 11 is 1.38. The molecule has 0 unspecified atom stereocenters. The van der Waals surface area contributed by atoms with Crippen LogP contribution in [0.15, 0.2) is 29.1 Å². The number of nitrogens with zero attached hydrogens (tertiary/aromatic N) is 2. The predicted molar refractivity (Wildman–Crippen MR) is 90.3 cm³/mol. The minimum atomic E-state index is -0.428. The van der Waals surface area contributed by atoms with E-state index in [-0.39, 0.29) is 11.5 Å². The van der Waals surface area contributed by atoms with Gasteiger partial charge in [0.05, 0.1) is 10.1 Å². The van der Waals surface area contributed by atoms with Gasteiger partial charge in [-0.2, -0.15) is 0 Å². The molecule has 1 fully saturated rings. The first-order valence-electron chi connectivity index (χ1n) is 7.86. The first-order chi connectivity index (χ1) is 10.5. The normalized spacial score (nSPS) is 23.7. The second-order valence-electron chi connectivity index (χ2n) is 6.58. The van der Waals surface area contributed by atoms with Crippen molar-refractivity contribution >= 4 is 27.5 Å². The van der Waals surface area contributed by atoms with Gasteiger partial charge in [-0.15, -0.1) is 0 Å². The van der Waals surface area contributed by atoms with Crippen LogP contribution in [0, 0.1) is 11.8 Å². The van der Waals surface area contributed by atoms with Crippen LogP contribution in [0.5, 0.6) is 0 Å². The van der Waals surface area contributed by atoms with Crippen LogP contribution in [0.2, 0.25) is 0 Å². The summed E-state index contributed by atoms with van der Waals surface area (Å²) in [4.78, 5) is 27.2. The first kappa shape index (κ1) is 15.3. The van der Waals surface area contributed by atoms with E-state index in [9.17, 15) is 9.59 Å². The molecule has 1 aromatic carbocycles. The van der Waals surface area contributed by atoms with E-state index < -0.39 is 6.04 Å². The zero-order chi connectivity index (χ0) is 15.9. The summed E-state index contributed by atoms with van der Waals surface area (Å²) in [7, 11) is 0. The van der Waals surface area contributed by atoms with Crippen molar-refractivity contribution < 1.29 is 4.79 Å². The van der Waals surface area contributed by atoms with Crippen LogP contribution in [0.3, 0.4) is 0 Å². The molecule has 1 aliphatic heterocycles. The molecule has 4 nitrogen and oxygen atoms in total. The highest BCUT2D eigenvalue weighted by Crippen LogP contribution is 2.25. The lowest BCUT2D eigenvalue weighted by atomic mass is 9.91. The Bertz CT molecular complexity index is 738. The number of likely N-dealkylation sites (tertiary alicyclic amines) is 1. The molecule has 2 aromatic rings. The molecule has 2 heterocycles. The fourth-order valence-corrected chi connectivity index (χ4v) is 4.49. The molecule has 0 bridgehead atoms. The van der Waals surface area contributed by atoms with Gasteiger partial charge < -0.3 is 4.90 Å². The standard InChI is InChI=1S/C17H22N2O2S/c1-11-8-12(2)10-18(9-11)16(20)13(3)19-17(21)14-6-4-5-7-15(14)22-19/h4-7,11-13H,8-10H2,1-3H3/t11-,12+,13-/m0/s1. The lowest BCUT2D eigenvalue weighted by Gasteiger charge is -2.36. The quantitative estimate of drug-likeness (QED) is 0.854. The van der Waals surface area contributed by atoms with Crippen LogP contribution in [0.4, 0.5) is 0 Å². The fraction of sp³-hybridized carbons (Fsp3) is 0.529. The Morgan fingerprint density at radius 3 is 2.50 bits per heavy atom. The lowest BCUT2D eigenvalue weighted by Crippen LogP contribution is -2.45. The van der Waals surface area contributed by atoms with Gasteiger partial charge >= 0.3 is 0 Å². The van der Waals surface area contributed by atoms with Crippen molar-refractivity contribution in [2.75, 3.05) is 13.1 Å². The summed E-state index contributed by atoms with van der Waals surface area (Å²) < 4.78 is 2.56. The zero-order valence-electron chi connectivity index (χ0n) is 13.3. The van der Waals surface area contributed by atoms with E-state index in [4.69, 9.17) is 0 Å². The van der Waals surface area contributed by atoms with Crippen LogP contribution < -0.4 is 5.56 Å². The van der Waals surface area contributed by atoms with Crippen LogP contribution in [0.1, 0.15) is 33.2 Å². The molecule has 1 aliphatic rings. The second-order valence-corrected chi connectivity index (χ2v) is 7.60. The molecule has 0 spiro atoms. The molecule has 3 rings (SSSR count). The summed E-state index contributed by atoms with van der Waals surface area (Å²) in [6.07, 6.45) is 1.17. The fourth-order valence-electron chi connectivity index (χ4n) is 3.45. The Labute approximate surface area is 134 Å². The molecule has 0 saturated carbocycles. The molecule has 0 N–H and O–H groups in total. The molecule has 1 amide bonds. The number of aromatic nitrogens is 1. The molecule has 118 valence electrons. The van der Waals surface area contributed by atoms with Crippen molar-refractivity contribution in [2.24, 2.45) is 11.8 Å². The number of amides is 1. The number of carbonyl (C=O) groups is 1. The second kappa shape index (κ2) is 5.88. The van der Waals surface area contributed by atoms with E-state index in [0.717, 1.165) is 17.8 Å². The SMILES string of the molecule is C[C@@H]1C[C@H](C)CN(C(=O)[C@H](C)n2sc3ccccc3c2=O)C1. The highest BCUT2D eigenvalue weighted by molar-refractivity contribution is 7.14. The first-order valence-corrected chi connectivity index (χ1v) is 8.64. The highest BCUT2D eigenvalue weighted by atomic mass is 32.1. The molecule has 5 heteroatoms. The van der Waals surface area contributed by atoms with E-state index in [2.05, 4.69) is 13.8 Å². The van der Waals surface area contributed by atoms with Gasteiger partial charge in [0.25, 0.3) is 5.56 Å². The third-order valence-electron chi connectivity index (χ3n) is 4.40. The summed E-state index contributed by atoms with van der Waals surface area (Å²) in [6.45, 7) is 7.81. The van der Waals surface area contributed by atoms with Gasteiger partial charge in [-0.25, -0.2) is 0 Å². The van der Waals surface area contributed by atoms with Crippen molar-refractivity contribution in [3.05, 3.63) is 34.6 Å². The number of hydrogen-bond donors (Lipinski definition) is 0. The van der Waals surface area contributed by atoms with Gasteiger partial charge in [0.1, 0.15) is 6.04 Å². The minimum Gasteiger partial charge on any atom is -0.340 e. The maximum atomic E-state index is 12.8. The summed E-state index contributed by atoms with van der Waals surface area (Å²) in [5.74, 6) is 1.12. The Morgan fingerprint density at radius 1 is 1.23 bits per heavy atom. The van der Waals surface area contributed by atoms with Gasteiger partial charge in [0, 0.05) is 13.1 Å². The number of benzene rings is 1.